The molecule has 0 radical (unpaired) electrons. The zero-order valence-corrected chi connectivity index (χ0v) is 16.7. The van der Waals surface area contributed by atoms with Crippen LogP contribution in [0, 0.1) is 0 Å². The van der Waals surface area contributed by atoms with Crippen LogP contribution in [-0.2, 0) is 32.6 Å². The Bertz CT molecular complexity index is 1090. The van der Waals surface area contributed by atoms with Gasteiger partial charge in [0, 0.05) is 0 Å². The average Bonchev–Trinajstić information content (AvgIpc) is 3.09. The zero-order chi connectivity index (χ0) is 21.3. The van der Waals surface area contributed by atoms with E-state index in [1.54, 1.807) is 54.6 Å². The van der Waals surface area contributed by atoms with Crippen molar-refractivity contribution < 1.29 is 27.5 Å². The van der Waals surface area contributed by atoms with Crippen LogP contribution in [0.3, 0.4) is 0 Å². The summed E-state index contributed by atoms with van der Waals surface area (Å²) in [6, 6.07) is 14.1. The van der Waals surface area contributed by atoms with Crippen LogP contribution in [0.2, 0.25) is 0 Å². The van der Waals surface area contributed by atoms with Gasteiger partial charge in [0.05, 0.1) is 24.8 Å². The van der Waals surface area contributed by atoms with Crippen molar-refractivity contribution in [2.75, 3.05) is 17.4 Å². The van der Waals surface area contributed by atoms with Gasteiger partial charge in [-0.05, 0) is 23.6 Å². The quantitative estimate of drug-likeness (QED) is 0.584. The molecule has 2 aliphatic rings. The molecular weight excluding hydrogens is 410 g/mol. The first-order chi connectivity index (χ1) is 14.4. The highest BCUT2D eigenvalue weighted by Gasteiger charge is 2.43. The van der Waals surface area contributed by atoms with E-state index in [9.17, 15) is 22.8 Å². The van der Waals surface area contributed by atoms with Crippen molar-refractivity contribution in [3.8, 4) is 0 Å². The molecule has 1 atom stereocenters. The van der Waals surface area contributed by atoms with E-state index in [-0.39, 0.29) is 19.7 Å². The molecule has 1 N–H and O–H groups in total. The van der Waals surface area contributed by atoms with Crippen LogP contribution in [0.1, 0.15) is 11.1 Å². The van der Waals surface area contributed by atoms with Crippen LogP contribution in [0.5, 0.6) is 0 Å². The molecule has 2 aromatic carbocycles. The molecule has 0 saturated carbocycles. The monoisotopic (exact) mass is 429 g/mol. The lowest BCUT2D eigenvalue weighted by Crippen LogP contribution is -2.53. The predicted octanol–water partition coefficient (Wildman–Crippen LogP) is 1.64. The summed E-state index contributed by atoms with van der Waals surface area (Å²) in [6.07, 6.45) is 0.292. The van der Waals surface area contributed by atoms with E-state index < -0.39 is 33.3 Å². The number of hydrogen-bond donors (Lipinski definition) is 1. The summed E-state index contributed by atoms with van der Waals surface area (Å²) >= 11 is 0. The number of benzene rings is 2. The molecule has 2 heterocycles. The molecule has 0 spiro atoms. The fraction of sp³-hybridized carbons (Fsp3) is 0.250. The van der Waals surface area contributed by atoms with E-state index in [0.29, 0.717) is 23.2 Å². The molecule has 1 fully saturated rings. The molecule has 156 valence electrons. The fourth-order valence-electron chi connectivity index (χ4n) is 3.62. The number of sulfonamides is 1. The summed E-state index contributed by atoms with van der Waals surface area (Å²) in [7, 11) is -4.54. The summed E-state index contributed by atoms with van der Waals surface area (Å²) in [5, 5.41) is 1.04. The van der Waals surface area contributed by atoms with Crippen LogP contribution in [-0.4, -0.2) is 49.7 Å². The highest BCUT2D eigenvalue weighted by Crippen LogP contribution is 2.32. The van der Waals surface area contributed by atoms with Gasteiger partial charge >= 0.3 is 21.4 Å². The predicted molar refractivity (Wildman–Crippen MR) is 107 cm³/mol. The van der Waals surface area contributed by atoms with E-state index >= 15 is 0 Å². The Morgan fingerprint density at radius 1 is 1.07 bits per heavy atom. The van der Waals surface area contributed by atoms with E-state index in [1.165, 1.54) is 0 Å². The van der Waals surface area contributed by atoms with Crippen molar-refractivity contribution in [3.63, 3.8) is 0 Å². The molecule has 0 unspecified atom stereocenters. The standard InChI is InChI=1S/C20H19N3O6S/c24-18-11-21-19(25)23(18)16-10-15-8-4-5-9-17(15)22(12-16)30(27,28)20(26)29-13-14-6-2-1-3-7-14/h1-9,16H,10-13H2,(H,21,25)/t16-/m1/s1. The van der Waals surface area contributed by atoms with Crippen molar-refractivity contribution in [1.82, 2.24) is 10.2 Å². The SMILES string of the molecule is O=C1CNC(=O)N1[C@@H]1Cc2ccccc2N(S(=O)(=O)C(=O)OCc2ccccc2)C1. The number of carbonyl (C=O) groups excluding carboxylic acids is 3. The van der Waals surface area contributed by atoms with Crippen molar-refractivity contribution in [3.05, 3.63) is 65.7 Å². The molecule has 2 aromatic rings. The molecule has 30 heavy (non-hydrogen) atoms. The minimum Gasteiger partial charge on any atom is -0.448 e. The van der Waals surface area contributed by atoms with Gasteiger partial charge in [-0.3, -0.25) is 14.0 Å². The number of imide groups is 1. The normalized spacial score (nSPS) is 18.7. The number of amides is 3. The van der Waals surface area contributed by atoms with Gasteiger partial charge in [-0.25, -0.2) is 9.59 Å². The van der Waals surface area contributed by atoms with Crippen LogP contribution in [0.15, 0.2) is 54.6 Å². The third-order valence-corrected chi connectivity index (χ3v) is 6.50. The van der Waals surface area contributed by atoms with Crippen molar-refractivity contribution >= 4 is 33.0 Å². The molecule has 4 rings (SSSR count). The fourth-order valence-corrected chi connectivity index (χ4v) is 4.81. The first kappa shape index (κ1) is 19.9. The molecule has 10 heteroatoms. The van der Waals surface area contributed by atoms with Crippen LogP contribution in [0.4, 0.5) is 15.3 Å². The summed E-state index contributed by atoms with van der Waals surface area (Å²) in [5.41, 5.74) is 1.59. The first-order valence-electron chi connectivity index (χ1n) is 9.29. The maximum absolute atomic E-state index is 13.0. The lowest BCUT2D eigenvalue weighted by Gasteiger charge is -2.37. The molecule has 3 amide bonds. The molecule has 0 aromatic heterocycles. The summed E-state index contributed by atoms with van der Waals surface area (Å²) in [6.45, 7) is -0.549. The van der Waals surface area contributed by atoms with Gasteiger partial charge in [-0.15, -0.1) is 0 Å². The Hall–Kier alpha value is -3.40. The largest absolute Gasteiger partial charge is 0.448 e. The average molecular weight is 429 g/mol. The van der Waals surface area contributed by atoms with Gasteiger partial charge < -0.3 is 10.1 Å². The van der Waals surface area contributed by atoms with Crippen molar-refractivity contribution in [2.24, 2.45) is 0 Å². The highest BCUT2D eigenvalue weighted by atomic mass is 32.2. The Morgan fingerprint density at radius 2 is 1.77 bits per heavy atom. The maximum Gasteiger partial charge on any atom is 0.445 e. The molecular formula is C20H19N3O6S. The second-order valence-electron chi connectivity index (χ2n) is 6.97. The van der Waals surface area contributed by atoms with Gasteiger partial charge in [0.25, 0.3) is 0 Å². The molecule has 2 aliphatic heterocycles. The summed E-state index contributed by atoms with van der Waals surface area (Å²) in [4.78, 5) is 37.7. The number of urea groups is 1. The minimum absolute atomic E-state index is 0.136. The lowest BCUT2D eigenvalue weighted by atomic mass is 9.99. The smallest absolute Gasteiger partial charge is 0.445 e. The third-order valence-electron chi connectivity index (χ3n) is 5.04. The second-order valence-corrected chi connectivity index (χ2v) is 8.69. The van der Waals surface area contributed by atoms with Crippen LogP contribution in [0.25, 0.3) is 0 Å². The first-order valence-corrected chi connectivity index (χ1v) is 10.7. The molecule has 9 nitrogen and oxygen atoms in total. The van der Waals surface area contributed by atoms with Gasteiger partial charge in [-0.1, -0.05) is 48.5 Å². The van der Waals surface area contributed by atoms with Gasteiger partial charge in [0.2, 0.25) is 5.91 Å². The van der Waals surface area contributed by atoms with Crippen LogP contribution >= 0.6 is 0 Å². The van der Waals surface area contributed by atoms with Gasteiger partial charge in [0.1, 0.15) is 6.61 Å². The van der Waals surface area contributed by atoms with E-state index in [0.717, 1.165) is 9.21 Å². The van der Waals surface area contributed by atoms with Crippen molar-refractivity contribution in [1.29, 1.82) is 0 Å². The van der Waals surface area contributed by atoms with E-state index in [4.69, 9.17) is 4.74 Å². The number of ether oxygens (including phenoxy) is 1. The number of anilines is 1. The zero-order valence-electron chi connectivity index (χ0n) is 15.9. The number of nitrogens with zero attached hydrogens (tertiary/aromatic N) is 2. The summed E-state index contributed by atoms with van der Waals surface area (Å²) in [5.74, 6) is -0.437. The van der Waals surface area contributed by atoms with Gasteiger partial charge in [-0.2, -0.15) is 8.42 Å². The Balaban J connectivity index is 1.61. The maximum atomic E-state index is 13.0. The number of hydrogen-bond acceptors (Lipinski definition) is 6. The third kappa shape index (κ3) is 3.61. The molecule has 0 aliphatic carbocycles. The number of carbonyl (C=O) groups is 3. The number of fused-ring (bicyclic) bond motifs is 1. The Morgan fingerprint density at radius 3 is 2.47 bits per heavy atom. The summed E-state index contributed by atoms with van der Waals surface area (Å²) < 4.78 is 32.0. The number of nitrogens with one attached hydrogen (secondary N) is 1. The van der Waals surface area contributed by atoms with Crippen molar-refractivity contribution in [2.45, 2.75) is 19.1 Å². The van der Waals surface area contributed by atoms with E-state index in [2.05, 4.69) is 5.32 Å². The number of para-hydroxylation sites is 1. The lowest BCUT2D eigenvalue weighted by molar-refractivity contribution is -0.126. The van der Waals surface area contributed by atoms with E-state index in [1.807, 2.05) is 0 Å². The Labute approximate surface area is 173 Å². The molecule has 0 bridgehead atoms. The highest BCUT2D eigenvalue weighted by molar-refractivity contribution is 8.06. The topological polar surface area (TPSA) is 113 Å². The van der Waals surface area contributed by atoms with Gasteiger partial charge in [0.15, 0.2) is 0 Å². The minimum atomic E-state index is -4.54. The van der Waals surface area contributed by atoms with Crippen LogP contribution < -0.4 is 9.62 Å². The number of rotatable bonds is 4. The molecule has 1 saturated heterocycles. The Kier molecular flexibility index (Phi) is 5.17. The second kappa shape index (κ2) is 7.79.